The number of nitrogens with zero attached hydrogens (tertiary/aromatic N) is 7. The molecule has 0 saturated carbocycles. The number of imidazole rings is 2. The molecule has 13 heteroatoms. The van der Waals surface area contributed by atoms with Gasteiger partial charge >= 0.3 is 0 Å². The van der Waals surface area contributed by atoms with E-state index in [1.165, 1.54) is 10.2 Å². The van der Waals surface area contributed by atoms with Crippen LogP contribution < -0.4 is 0 Å². The van der Waals surface area contributed by atoms with Crippen LogP contribution in [0, 0.1) is 20.8 Å². The number of benzene rings is 2. The van der Waals surface area contributed by atoms with Crippen LogP contribution in [0.2, 0.25) is 0 Å². The molecule has 6 aromatic heterocycles. The highest BCUT2D eigenvalue weighted by Crippen LogP contribution is 2.28. The fourth-order valence-electron chi connectivity index (χ4n) is 5.43. The van der Waals surface area contributed by atoms with Gasteiger partial charge in [0.15, 0.2) is 11.3 Å². The summed E-state index contributed by atoms with van der Waals surface area (Å²) in [5.74, 6) is 1.67. The third-order valence-electron chi connectivity index (χ3n) is 7.63. The van der Waals surface area contributed by atoms with E-state index in [0.29, 0.717) is 21.3 Å². The van der Waals surface area contributed by atoms with Crippen molar-refractivity contribution in [2.75, 3.05) is 0 Å². The standard InChI is InChI=1S/C16H13BrN4O2S.C16H12N4O/c1-10-3-5-12(6-4-10)24(22,23)20-8-7-13-16(20)18-9-14-15(17)19-11(2)21(13)14;1-10-19-15(12-4-2-11(9-21)3-5-12)14-8-18-16-13(20(10)14)6-7-17-16/h3-9H,1-2H3;2-9,17H,1H3. The van der Waals surface area contributed by atoms with Gasteiger partial charge in [0, 0.05) is 23.5 Å². The predicted molar refractivity (Wildman–Crippen MR) is 175 cm³/mol. The minimum atomic E-state index is -3.70. The third-order valence-corrected chi connectivity index (χ3v) is 9.89. The van der Waals surface area contributed by atoms with E-state index in [9.17, 15) is 13.2 Å². The molecule has 0 unspecified atom stereocenters. The maximum absolute atomic E-state index is 12.9. The van der Waals surface area contributed by atoms with Gasteiger partial charge < -0.3 is 4.98 Å². The second kappa shape index (κ2) is 10.8. The van der Waals surface area contributed by atoms with Crippen molar-refractivity contribution in [3.63, 3.8) is 0 Å². The zero-order valence-electron chi connectivity index (χ0n) is 24.3. The second-order valence-electron chi connectivity index (χ2n) is 10.5. The number of rotatable bonds is 4. The lowest BCUT2D eigenvalue weighted by molar-refractivity contribution is 0.112. The van der Waals surface area contributed by atoms with Crippen LogP contribution in [0.1, 0.15) is 27.6 Å². The number of aromatic nitrogens is 8. The van der Waals surface area contributed by atoms with Crippen LogP contribution in [-0.4, -0.2) is 52.4 Å². The molecule has 11 nitrogen and oxygen atoms in total. The highest BCUT2D eigenvalue weighted by Gasteiger charge is 2.22. The smallest absolute Gasteiger partial charge is 0.269 e. The first-order valence-electron chi connectivity index (χ1n) is 13.9. The Morgan fingerprint density at radius 3 is 2.20 bits per heavy atom. The molecule has 0 aliphatic rings. The van der Waals surface area contributed by atoms with Gasteiger partial charge in [-0.15, -0.1) is 0 Å². The maximum Gasteiger partial charge on any atom is 0.269 e. The fourth-order valence-corrected chi connectivity index (χ4v) is 7.26. The largest absolute Gasteiger partial charge is 0.345 e. The second-order valence-corrected chi connectivity index (χ2v) is 13.1. The van der Waals surface area contributed by atoms with Gasteiger partial charge in [0.05, 0.1) is 45.0 Å². The Morgan fingerprint density at radius 2 is 1.47 bits per heavy atom. The number of aromatic amines is 1. The molecule has 0 saturated heterocycles. The Labute approximate surface area is 265 Å². The molecule has 8 aromatic rings. The maximum atomic E-state index is 12.9. The summed E-state index contributed by atoms with van der Waals surface area (Å²) in [6, 6.07) is 17.9. The minimum absolute atomic E-state index is 0.232. The lowest BCUT2D eigenvalue weighted by Gasteiger charge is -2.08. The van der Waals surface area contributed by atoms with E-state index in [1.54, 1.807) is 48.7 Å². The van der Waals surface area contributed by atoms with Crippen LogP contribution >= 0.6 is 15.9 Å². The lowest BCUT2D eigenvalue weighted by Crippen LogP contribution is -2.12. The average Bonchev–Trinajstić information content (AvgIpc) is 3.82. The summed E-state index contributed by atoms with van der Waals surface area (Å²) in [6.07, 6.45) is 7.68. The van der Waals surface area contributed by atoms with Gasteiger partial charge in [-0.25, -0.2) is 32.3 Å². The quantitative estimate of drug-likeness (QED) is 0.216. The number of aldehydes is 1. The molecular formula is C32H25BrN8O3S. The normalized spacial score (nSPS) is 11.8. The molecule has 1 N–H and O–H groups in total. The van der Waals surface area contributed by atoms with E-state index in [1.807, 2.05) is 55.8 Å². The molecule has 0 atom stereocenters. The summed E-state index contributed by atoms with van der Waals surface area (Å²) in [5.41, 5.74) is 8.18. The first-order valence-corrected chi connectivity index (χ1v) is 16.1. The van der Waals surface area contributed by atoms with Crippen LogP contribution in [0.4, 0.5) is 0 Å². The van der Waals surface area contributed by atoms with Crippen LogP contribution in [0.25, 0.3) is 44.6 Å². The highest BCUT2D eigenvalue weighted by atomic mass is 79.9. The predicted octanol–water partition coefficient (Wildman–Crippen LogP) is 6.30. The van der Waals surface area contributed by atoms with E-state index in [2.05, 4.69) is 45.3 Å². The Kier molecular flexibility index (Phi) is 6.86. The number of nitrogens with one attached hydrogen (secondary N) is 1. The summed E-state index contributed by atoms with van der Waals surface area (Å²) in [7, 11) is -3.70. The number of H-pyrrole nitrogens is 1. The van der Waals surface area contributed by atoms with Gasteiger partial charge in [-0.2, -0.15) is 0 Å². The molecule has 0 spiro atoms. The van der Waals surface area contributed by atoms with Gasteiger partial charge in [0.2, 0.25) is 0 Å². The molecule has 0 fully saturated rings. The zero-order valence-corrected chi connectivity index (χ0v) is 26.7. The topological polar surface area (TPSA) is 132 Å². The molecule has 2 aromatic carbocycles. The number of hydrogen-bond donors (Lipinski definition) is 1. The minimum Gasteiger partial charge on any atom is -0.345 e. The molecule has 0 aliphatic heterocycles. The monoisotopic (exact) mass is 680 g/mol. The van der Waals surface area contributed by atoms with Gasteiger partial charge in [-0.3, -0.25) is 13.6 Å². The van der Waals surface area contributed by atoms with Gasteiger partial charge in [-0.1, -0.05) is 42.0 Å². The number of carbonyl (C=O) groups excluding carboxylic acids is 1. The Morgan fingerprint density at radius 1 is 0.778 bits per heavy atom. The molecule has 45 heavy (non-hydrogen) atoms. The van der Waals surface area contributed by atoms with Crippen LogP contribution in [0.15, 0.2) is 94.9 Å². The summed E-state index contributed by atoms with van der Waals surface area (Å²) >= 11 is 3.40. The molecule has 8 rings (SSSR count). The number of hydrogen-bond acceptors (Lipinski definition) is 7. The van der Waals surface area contributed by atoms with Crippen LogP contribution in [-0.2, 0) is 10.0 Å². The van der Waals surface area contributed by atoms with E-state index in [0.717, 1.165) is 57.0 Å². The van der Waals surface area contributed by atoms with Crippen molar-refractivity contribution in [1.82, 2.24) is 37.7 Å². The summed E-state index contributed by atoms with van der Waals surface area (Å²) in [4.78, 5) is 31.9. The van der Waals surface area contributed by atoms with Crippen molar-refractivity contribution in [2.24, 2.45) is 0 Å². The number of carbonyl (C=O) groups is 1. The van der Waals surface area contributed by atoms with Crippen molar-refractivity contribution in [1.29, 1.82) is 0 Å². The molecular weight excluding hydrogens is 656 g/mol. The molecule has 0 radical (unpaired) electrons. The zero-order chi connectivity index (χ0) is 31.5. The Balaban J connectivity index is 0.000000146. The van der Waals surface area contributed by atoms with Gasteiger partial charge in [0.1, 0.15) is 22.5 Å². The van der Waals surface area contributed by atoms with Gasteiger partial charge in [0.25, 0.3) is 10.0 Å². The van der Waals surface area contributed by atoms with E-state index < -0.39 is 10.0 Å². The lowest BCUT2D eigenvalue weighted by atomic mass is 10.1. The van der Waals surface area contributed by atoms with Crippen molar-refractivity contribution in [3.05, 3.63) is 113 Å². The number of fused-ring (bicyclic) bond motifs is 6. The third kappa shape index (κ3) is 4.71. The summed E-state index contributed by atoms with van der Waals surface area (Å²) < 4.78 is 31.7. The summed E-state index contributed by atoms with van der Waals surface area (Å²) in [6.45, 7) is 5.76. The molecule has 0 amide bonds. The average molecular weight is 682 g/mol. The Hall–Kier alpha value is -5.14. The highest BCUT2D eigenvalue weighted by molar-refractivity contribution is 9.10. The van der Waals surface area contributed by atoms with Crippen molar-refractivity contribution < 1.29 is 13.2 Å². The number of halogens is 1. The van der Waals surface area contributed by atoms with Crippen molar-refractivity contribution >= 4 is 65.6 Å². The first kappa shape index (κ1) is 28.6. The number of aryl methyl sites for hydroxylation is 3. The van der Waals surface area contributed by atoms with Crippen LogP contribution in [0.3, 0.4) is 0 Å². The molecule has 224 valence electrons. The molecule has 0 aliphatic carbocycles. The Bertz CT molecular complexity index is 2510. The SMILES string of the molecule is Cc1ccc(S(=O)(=O)n2ccc3c2ncc2c(Br)nc(C)n23)cc1.Cc1nc(-c2ccc(C=O)cc2)c2cnc3[nH]ccc3n12. The fraction of sp³-hybridized carbons (Fsp3) is 0.0938. The van der Waals surface area contributed by atoms with Crippen molar-refractivity contribution in [3.8, 4) is 11.3 Å². The van der Waals surface area contributed by atoms with E-state index >= 15 is 0 Å². The van der Waals surface area contributed by atoms with Gasteiger partial charge in [-0.05, 0) is 61.0 Å². The van der Waals surface area contributed by atoms with E-state index in [4.69, 9.17) is 0 Å². The first-order chi connectivity index (χ1) is 21.7. The van der Waals surface area contributed by atoms with E-state index in [-0.39, 0.29) is 4.90 Å². The van der Waals surface area contributed by atoms with Crippen LogP contribution in [0.5, 0.6) is 0 Å². The summed E-state index contributed by atoms with van der Waals surface area (Å²) in [5, 5.41) is 0. The van der Waals surface area contributed by atoms with Crippen molar-refractivity contribution in [2.45, 2.75) is 25.7 Å². The molecule has 6 heterocycles. The molecule has 0 bridgehead atoms.